The van der Waals surface area contributed by atoms with E-state index in [0.29, 0.717) is 51.8 Å². The molecule has 1 N–H and O–H groups in total. The highest BCUT2D eigenvalue weighted by atomic mass is 79.9. The van der Waals surface area contributed by atoms with Crippen LogP contribution >= 0.6 is 15.9 Å². The molecule has 0 radical (unpaired) electrons. The second kappa shape index (κ2) is 13.4. The Kier molecular flexibility index (Phi) is 9.40. The normalized spacial score (nSPS) is 18.0. The Labute approximate surface area is 259 Å². The van der Waals surface area contributed by atoms with Crippen molar-refractivity contribution in [3.8, 4) is 23.0 Å². The van der Waals surface area contributed by atoms with Gasteiger partial charge in [-0.2, -0.15) is 0 Å². The molecular weight excluding hydrogens is 614 g/mol. The summed E-state index contributed by atoms with van der Waals surface area (Å²) in [5.74, 6) is 1.17. The zero-order valence-corrected chi connectivity index (χ0v) is 26.2. The van der Waals surface area contributed by atoms with Crippen LogP contribution in [0.3, 0.4) is 0 Å². The van der Waals surface area contributed by atoms with Gasteiger partial charge in [-0.05, 0) is 67.3 Å². The van der Waals surface area contributed by atoms with E-state index >= 15 is 0 Å². The molecule has 8 nitrogen and oxygen atoms in total. The fourth-order valence-corrected chi connectivity index (χ4v) is 6.16. The number of ketones is 1. The molecule has 1 aliphatic carbocycles. The Morgan fingerprint density at radius 3 is 2.33 bits per heavy atom. The number of benzene rings is 3. The molecule has 224 valence electrons. The number of hydrogen-bond donors (Lipinski definition) is 1. The van der Waals surface area contributed by atoms with E-state index in [1.165, 1.54) is 0 Å². The lowest BCUT2D eigenvalue weighted by Crippen LogP contribution is -2.36. The Hall–Kier alpha value is -4.24. The molecule has 43 heavy (non-hydrogen) atoms. The van der Waals surface area contributed by atoms with Crippen molar-refractivity contribution in [2.24, 2.45) is 0 Å². The van der Waals surface area contributed by atoms with Gasteiger partial charge in [0, 0.05) is 33.4 Å². The van der Waals surface area contributed by atoms with Gasteiger partial charge in [0.2, 0.25) is 0 Å². The highest BCUT2D eigenvalue weighted by Gasteiger charge is 2.42. The molecule has 0 spiro atoms. The maximum absolute atomic E-state index is 14.0. The molecule has 3 aromatic rings. The predicted molar refractivity (Wildman–Crippen MR) is 166 cm³/mol. The first-order chi connectivity index (χ1) is 20.8. The van der Waals surface area contributed by atoms with E-state index in [1.807, 2.05) is 73.7 Å². The molecule has 1 heterocycles. The van der Waals surface area contributed by atoms with Gasteiger partial charge in [0.15, 0.2) is 17.3 Å². The Bertz CT molecular complexity index is 1580. The molecule has 0 saturated heterocycles. The zero-order valence-electron chi connectivity index (χ0n) is 24.6. The van der Waals surface area contributed by atoms with Gasteiger partial charge in [-0.15, -0.1) is 0 Å². The first-order valence-electron chi connectivity index (χ1n) is 14.0. The fraction of sp³-hybridized carbons (Fsp3) is 0.294. The van der Waals surface area contributed by atoms with Crippen LogP contribution in [-0.4, -0.2) is 46.3 Å². The number of carbonyl (C=O) groups is 2. The van der Waals surface area contributed by atoms with Gasteiger partial charge in [-0.1, -0.05) is 40.2 Å². The number of esters is 1. The van der Waals surface area contributed by atoms with Crippen molar-refractivity contribution in [1.82, 2.24) is 5.32 Å². The zero-order chi connectivity index (χ0) is 30.5. The largest absolute Gasteiger partial charge is 0.496 e. The molecule has 5 rings (SSSR count). The minimum atomic E-state index is -0.676. The van der Waals surface area contributed by atoms with Crippen LogP contribution in [0.15, 0.2) is 93.7 Å². The van der Waals surface area contributed by atoms with Crippen molar-refractivity contribution < 1.29 is 33.3 Å². The van der Waals surface area contributed by atoms with Crippen LogP contribution in [0, 0.1) is 0 Å². The molecular formula is C34H34BrNO7. The maximum Gasteiger partial charge on any atom is 0.336 e. The quantitative estimate of drug-likeness (QED) is 0.198. The number of nitrogens with one attached hydrogen (secondary N) is 1. The average molecular weight is 649 g/mol. The standard InChI is InChI=1S/C34H34BrNO7/c1-20-31(34(38)43-15-14-42-24-8-6-5-7-9-24)32(25-19-23(35)11-13-28(25)39-2)33-26(36-20)16-22(17-27(33)37)21-10-12-29(40-3)30(18-21)41-4/h5-13,18-19,22,32,36H,14-17H2,1-4H3. The van der Waals surface area contributed by atoms with E-state index < -0.39 is 11.9 Å². The lowest BCUT2D eigenvalue weighted by atomic mass is 9.71. The van der Waals surface area contributed by atoms with Gasteiger partial charge in [-0.3, -0.25) is 4.79 Å². The molecule has 1 aliphatic heterocycles. The molecule has 0 aromatic heterocycles. The molecule has 2 unspecified atom stereocenters. The number of para-hydroxylation sites is 1. The summed E-state index contributed by atoms with van der Waals surface area (Å²) < 4.78 is 28.9. The van der Waals surface area contributed by atoms with E-state index in [0.717, 1.165) is 15.7 Å². The van der Waals surface area contributed by atoms with Gasteiger partial charge in [-0.25, -0.2) is 4.79 Å². The Morgan fingerprint density at radius 2 is 1.60 bits per heavy atom. The lowest BCUT2D eigenvalue weighted by Gasteiger charge is -2.37. The lowest BCUT2D eigenvalue weighted by molar-refractivity contribution is -0.140. The highest BCUT2D eigenvalue weighted by molar-refractivity contribution is 9.10. The van der Waals surface area contributed by atoms with E-state index in [2.05, 4.69) is 21.2 Å². The summed E-state index contributed by atoms with van der Waals surface area (Å²) in [4.78, 5) is 27.7. The van der Waals surface area contributed by atoms with Crippen LogP contribution in [0.1, 0.15) is 42.7 Å². The monoisotopic (exact) mass is 647 g/mol. The van der Waals surface area contributed by atoms with Crippen molar-refractivity contribution in [3.05, 3.63) is 105 Å². The van der Waals surface area contributed by atoms with Crippen molar-refractivity contribution >= 4 is 27.7 Å². The third kappa shape index (κ3) is 6.41. The summed E-state index contributed by atoms with van der Waals surface area (Å²) in [6.45, 7) is 2.08. The van der Waals surface area contributed by atoms with Gasteiger partial charge >= 0.3 is 5.97 Å². The molecule has 2 atom stereocenters. The average Bonchev–Trinajstić information content (AvgIpc) is 3.02. The summed E-state index contributed by atoms with van der Waals surface area (Å²) >= 11 is 3.56. The minimum Gasteiger partial charge on any atom is -0.496 e. The number of hydrogen-bond acceptors (Lipinski definition) is 8. The van der Waals surface area contributed by atoms with E-state index in [-0.39, 0.29) is 31.3 Å². The number of carbonyl (C=O) groups excluding carboxylic acids is 2. The van der Waals surface area contributed by atoms with Gasteiger partial charge in [0.25, 0.3) is 0 Å². The van der Waals surface area contributed by atoms with Gasteiger partial charge in [0.05, 0.1) is 32.8 Å². The molecule has 0 bridgehead atoms. The summed E-state index contributed by atoms with van der Waals surface area (Å²) in [5, 5.41) is 3.40. The third-order valence-electron chi connectivity index (χ3n) is 7.76. The Balaban J connectivity index is 1.47. The summed E-state index contributed by atoms with van der Waals surface area (Å²) in [5.41, 5.74) is 4.00. The van der Waals surface area contributed by atoms with Crippen LogP contribution in [0.2, 0.25) is 0 Å². The fourth-order valence-electron chi connectivity index (χ4n) is 5.78. The number of methoxy groups -OCH3 is 3. The van der Waals surface area contributed by atoms with Gasteiger partial charge < -0.3 is 29.0 Å². The molecule has 9 heteroatoms. The minimum absolute atomic E-state index is 0.0497. The van der Waals surface area contributed by atoms with Crippen molar-refractivity contribution in [3.63, 3.8) is 0 Å². The number of rotatable bonds is 10. The van der Waals surface area contributed by atoms with E-state index in [4.69, 9.17) is 23.7 Å². The number of Topliss-reactive ketones (excluding diaryl/α,β-unsaturated/α-hetero) is 1. The predicted octanol–water partition coefficient (Wildman–Crippen LogP) is 6.46. The topological polar surface area (TPSA) is 92.3 Å². The number of dihydropyridines is 1. The van der Waals surface area contributed by atoms with Gasteiger partial charge in [0.1, 0.15) is 24.7 Å². The van der Waals surface area contributed by atoms with Crippen LogP contribution in [0.25, 0.3) is 0 Å². The number of ether oxygens (including phenoxy) is 5. The molecule has 0 saturated carbocycles. The smallest absolute Gasteiger partial charge is 0.336 e. The highest BCUT2D eigenvalue weighted by Crippen LogP contribution is 2.48. The third-order valence-corrected chi connectivity index (χ3v) is 8.25. The van der Waals surface area contributed by atoms with Crippen LogP contribution < -0.4 is 24.3 Å². The summed E-state index contributed by atoms with van der Waals surface area (Å²) in [6.07, 6.45) is 0.850. The molecule has 3 aromatic carbocycles. The molecule has 2 aliphatic rings. The second-order valence-corrected chi connectivity index (χ2v) is 11.2. The van der Waals surface area contributed by atoms with Crippen molar-refractivity contribution in [2.45, 2.75) is 31.6 Å². The number of allylic oxidation sites excluding steroid dienone is 3. The number of halogens is 1. The van der Waals surface area contributed by atoms with Crippen molar-refractivity contribution in [2.75, 3.05) is 34.5 Å². The summed E-state index contributed by atoms with van der Waals surface area (Å²) in [6, 6.07) is 20.7. The maximum atomic E-state index is 14.0. The Morgan fingerprint density at radius 1 is 0.884 bits per heavy atom. The SMILES string of the molecule is COc1ccc(C2CC(=O)C3=C(C2)NC(C)=C(C(=O)OCCOc2ccccc2)C3c2cc(Br)ccc2OC)cc1OC. The van der Waals surface area contributed by atoms with E-state index in [9.17, 15) is 9.59 Å². The molecule has 0 fully saturated rings. The molecule has 0 amide bonds. The van der Waals surface area contributed by atoms with Crippen LogP contribution in [0.5, 0.6) is 23.0 Å². The van der Waals surface area contributed by atoms with Crippen LogP contribution in [0.4, 0.5) is 0 Å². The van der Waals surface area contributed by atoms with Crippen LogP contribution in [-0.2, 0) is 14.3 Å². The summed E-state index contributed by atoms with van der Waals surface area (Å²) in [7, 11) is 4.76. The first kappa shape index (κ1) is 30.2. The van der Waals surface area contributed by atoms with E-state index in [1.54, 1.807) is 21.3 Å². The second-order valence-electron chi connectivity index (χ2n) is 10.3. The first-order valence-corrected chi connectivity index (χ1v) is 14.8. The van der Waals surface area contributed by atoms with Crippen molar-refractivity contribution in [1.29, 1.82) is 0 Å².